The molecule has 0 radical (unpaired) electrons. The Morgan fingerprint density at radius 1 is 1.43 bits per heavy atom. The van der Waals surface area contributed by atoms with Gasteiger partial charge in [-0.2, -0.15) is 0 Å². The van der Waals surface area contributed by atoms with Gasteiger partial charge in [0.25, 0.3) is 0 Å². The second-order valence-corrected chi connectivity index (χ2v) is 6.20. The third-order valence-electron chi connectivity index (χ3n) is 4.29. The van der Waals surface area contributed by atoms with E-state index in [1.807, 2.05) is 30.5 Å². The zero-order valence-electron chi connectivity index (χ0n) is 13.7. The lowest BCUT2D eigenvalue weighted by atomic mass is 10.1. The monoisotopic (exact) mass is 318 g/mol. The molecular formula is C18H26N2O3. The van der Waals surface area contributed by atoms with E-state index in [1.54, 1.807) is 0 Å². The van der Waals surface area contributed by atoms with Crippen molar-refractivity contribution in [3.05, 3.63) is 30.5 Å². The first kappa shape index (κ1) is 16.3. The lowest BCUT2D eigenvalue weighted by molar-refractivity contribution is -0.0473. The molecule has 1 aliphatic heterocycles. The fourth-order valence-electron chi connectivity index (χ4n) is 3.16. The molecular weight excluding hydrogens is 292 g/mol. The van der Waals surface area contributed by atoms with Crippen molar-refractivity contribution < 1.29 is 14.6 Å². The molecule has 0 bridgehead atoms. The Labute approximate surface area is 137 Å². The predicted molar refractivity (Wildman–Crippen MR) is 90.9 cm³/mol. The van der Waals surface area contributed by atoms with Crippen LogP contribution in [-0.4, -0.2) is 60.0 Å². The predicted octanol–water partition coefficient (Wildman–Crippen LogP) is 2.41. The van der Waals surface area contributed by atoms with Gasteiger partial charge in [-0.25, -0.2) is 0 Å². The maximum absolute atomic E-state index is 10.3. The first-order chi connectivity index (χ1) is 11.3. The van der Waals surface area contributed by atoms with Crippen LogP contribution in [0.1, 0.15) is 19.8 Å². The molecule has 3 rings (SSSR count). The van der Waals surface area contributed by atoms with E-state index in [-0.39, 0.29) is 0 Å². The van der Waals surface area contributed by atoms with Crippen molar-refractivity contribution in [1.82, 2.24) is 9.88 Å². The number of benzene rings is 1. The van der Waals surface area contributed by atoms with Crippen molar-refractivity contribution >= 4 is 10.9 Å². The molecule has 0 saturated carbocycles. The Morgan fingerprint density at radius 3 is 3.22 bits per heavy atom. The van der Waals surface area contributed by atoms with Crippen molar-refractivity contribution in [2.24, 2.45) is 0 Å². The molecule has 1 aliphatic rings. The Kier molecular flexibility index (Phi) is 5.54. The number of aliphatic hydroxyl groups is 1. The topological polar surface area (TPSA) is 57.7 Å². The molecule has 5 nitrogen and oxygen atoms in total. The van der Waals surface area contributed by atoms with Crippen molar-refractivity contribution in [2.75, 3.05) is 32.8 Å². The summed E-state index contributed by atoms with van der Waals surface area (Å²) in [7, 11) is 0. The second-order valence-electron chi connectivity index (χ2n) is 6.20. The van der Waals surface area contributed by atoms with Gasteiger partial charge < -0.3 is 19.6 Å². The van der Waals surface area contributed by atoms with E-state index >= 15 is 0 Å². The van der Waals surface area contributed by atoms with E-state index in [0.717, 1.165) is 49.2 Å². The summed E-state index contributed by atoms with van der Waals surface area (Å²) in [5, 5.41) is 11.3. The maximum Gasteiger partial charge on any atom is 0.128 e. The van der Waals surface area contributed by atoms with Crippen molar-refractivity contribution in [3.63, 3.8) is 0 Å². The minimum atomic E-state index is -0.496. The Hall–Kier alpha value is -1.56. The fourth-order valence-corrected chi connectivity index (χ4v) is 3.16. The van der Waals surface area contributed by atoms with Gasteiger partial charge >= 0.3 is 0 Å². The van der Waals surface area contributed by atoms with E-state index in [0.29, 0.717) is 19.3 Å². The van der Waals surface area contributed by atoms with Crippen LogP contribution in [0.5, 0.6) is 5.75 Å². The van der Waals surface area contributed by atoms with Crippen LogP contribution >= 0.6 is 0 Å². The van der Waals surface area contributed by atoms with Gasteiger partial charge in [-0.15, -0.1) is 0 Å². The van der Waals surface area contributed by atoms with E-state index in [1.165, 1.54) is 0 Å². The average Bonchev–Trinajstić information content (AvgIpc) is 3.03. The molecule has 23 heavy (non-hydrogen) atoms. The molecule has 2 unspecified atom stereocenters. The molecule has 1 fully saturated rings. The highest BCUT2D eigenvalue weighted by Crippen LogP contribution is 2.24. The zero-order chi connectivity index (χ0) is 16.1. The third kappa shape index (κ3) is 4.25. The van der Waals surface area contributed by atoms with E-state index < -0.39 is 6.10 Å². The van der Waals surface area contributed by atoms with Gasteiger partial charge in [-0.3, -0.25) is 4.90 Å². The van der Waals surface area contributed by atoms with Crippen LogP contribution in [-0.2, 0) is 4.74 Å². The number of nitrogens with zero attached hydrogens (tertiary/aromatic N) is 1. The number of aromatic nitrogens is 1. The van der Waals surface area contributed by atoms with Crippen LogP contribution in [0, 0.1) is 0 Å². The summed E-state index contributed by atoms with van der Waals surface area (Å²) < 4.78 is 11.6. The van der Waals surface area contributed by atoms with Gasteiger partial charge in [0.1, 0.15) is 18.5 Å². The highest BCUT2D eigenvalue weighted by molar-refractivity contribution is 5.85. The summed E-state index contributed by atoms with van der Waals surface area (Å²) in [6.07, 6.45) is 3.92. The number of ether oxygens (including phenoxy) is 2. The van der Waals surface area contributed by atoms with Gasteiger partial charge in [-0.1, -0.05) is 19.4 Å². The fraction of sp³-hybridized carbons (Fsp3) is 0.556. The number of β-amino-alcohol motifs (C(OH)–C–C–N with tert-alkyl or cyclic N) is 1. The number of H-pyrrole nitrogens is 1. The molecule has 0 amide bonds. The SMILES string of the molecule is CCCC1CN(CC(O)COc2cccc3[nH]ccc23)CCO1. The molecule has 5 heteroatoms. The number of hydrogen-bond acceptors (Lipinski definition) is 4. The lowest BCUT2D eigenvalue weighted by Gasteiger charge is -2.33. The third-order valence-corrected chi connectivity index (χ3v) is 4.29. The van der Waals surface area contributed by atoms with Crippen LogP contribution < -0.4 is 4.74 Å². The number of fused-ring (bicyclic) bond motifs is 1. The number of aliphatic hydroxyl groups excluding tert-OH is 1. The van der Waals surface area contributed by atoms with Crippen molar-refractivity contribution in [1.29, 1.82) is 0 Å². The van der Waals surface area contributed by atoms with Gasteiger partial charge in [0, 0.05) is 36.7 Å². The van der Waals surface area contributed by atoms with E-state index in [2.05, 4.69) is 16.8 Å². The standard InChI is InChI=1S/C18H26N2O3/c1-2-4-15-12-20(9-10-22-15)11-14(21)13-23-18-6-3-5-17-16(18)7-8-19-17/h3,5-8,14-15,19,21H,2,4,9-13H2,1H3. The highest BCUT2D eigenvalue weighted by atomic mass is 16.5. The zero-order valence-corrected chi connectivity index (χ0v) is 13.7. The number of hydrogen-bond donors (Lipinski definition) is 2. The molecule has 0 aliphatic carbocycles. The number of nitrogens with one attached hydrogen (secondary N) is 1. The second kappa shape index (κ2) is 7.81. The maximum atomic E-state index is 10.3. The van der Waals surface area contributed by atoms with Gasteiger partial charge in [-0.05, 0) is 24.6 Å². The Balaban J connectivity index is 1.49. The molecule has 0 spiro atoms. The summed E-state index contributed by atoms with van der Waals surface area (Å²) in [6, 6.07) is 7.90. The molecule has 2 N–H and O–H groups in total. The first-order valence-corrected chi connectivity index (χ1v) is 8.47. The number of morpholine rings is 1. The molecule has 2 atom stereocenters. The van der Waals surface area contributed by atoms with Crippen molar-refractivity contribution in [3.8, 4) is 5.75 Å². The Morgan fingerprint density at radius 2 is 2.35 bits per heavy atom. The summed E-state index contributed by atoms with van der Waals surface area (Å²) in [5.74, 6) is 0.814. The molecule has 1 saturated heterocycles. The van der Waals surface area contributed by atoms with Gasteiger partial charge in [0.2, 0.25) is 0 Å². The van der Waals surface area contributed by atoms with Crippen LogP contribution in [0.25, 0.3) is 10.9 Å². The number of aromatic amines is 1. The molecule has 126 valence electrons. The van der Waals surface area contributed by atoms with Gasteiger partial charge in [0.05, 0.1) is 12.7 Å². The smallest absolute Gasteiger partial charge is 0.128 e. The Bertz CT molecular complexity index is 611. The van der Waals surface area contributed by atoms with Crippen molar-refractivity contribution in [2.45, 2.75) is 32.0 Å². The largest absolute Gasteiger partial charge is 0.490 e. The molecule has 2 heterocycles. The quantitative estimate of drug-likeness (QED) is 0.823. The summed E-state index contributed by atoms with van der Waals surface area (Å²) >= 11 is 0. The van der Waals surface area contributed by atoms with Crippen LogP contribution in [0.15, 0.2) is 30.5 Å². The molecule has 1 aromatic heterocycles. The average molecular weight is 318 g/mol. The lowest BCUT2D eigenvalue weighted by Crippen LogP contribution is -2.46. The summed E-state index contributed by atoms with van der Waals surface area (Å²) in [6.45, 7) is 5.64. The minimum Gasteiger partial charge on any atom is -0.490 e. The van der Waals surface area contributed by atoms with Crippen LogP contribution in [0.4, 0.5) is 0 Å². The summed E-state index contributed by atoms with van der Waals surface area (Å²) in [4.78, 5) is 5.44. The van der Waals surface area contributed by atoms with E-state index in [9.17, 15) is 5.11 Å². The first-order valence-electron chi connectivity index (χ1n) is 8.47. The van der Waals surface area contributed by atoms with Crippen LogP contribution in [0.2, 0.25) is 0 Å². The molecule has 2 aromatic rings. The minimum absolute atomic E-state index is 0.301. The van der Waals surface area contributed by atoms with Crippen LogP contribution in [0.3, 0.4) is 0 Å². The molecule has 1 aromatic carbocycles. The number of rotatable bonds is 7. The van der Waals surface area contributed by atoms with E-state index in [4.69, 9.17) is 9.47 Å². The highest BCUT2D eigenvalue weighted by Gasteiger charge is 2.22. The summed E-state index contributed by atoms with van der Waals surface area (Å²) in [5.41, 5.74) is 1.05. The van der Waals surface area contributed by atoms with Gasteiger partial charge in [0.15, 0.2) is 0 Å². The normalized spacial score (nSPS) is 20.7.